The summed E-state index contributed by atoms with van der Waals surface area (Å²) in [5.41, 5.74) is 4.37. The van der Waals surface area contributed by atoms with Gasteiger partial charge in [0.1, 0.15) is 29.7 Å². The zero-order valence-electron chi connectivity index (χ0n) is 35.1. The van der Waals surface area contributed by atoms with E-state index < -0.39 is 11.7 Å². The Balaban J connectivity index is 0.000000206. The highest BCUT2D eigenvalue weighted by Gasteiger charge is 2.30. The van der Waals surface area contributed by atoms with Crippen molar-refractivity contribution >= 4 is 52.6 Å². The molecule has 3 N–H and O–H groups in total. The lowest BCUT2D eigenvalue weighted by atomic mass is 10.0. The van der Waals surface area contributed by atoms with E-state index in [1.54, 1.807) is 17.0 Å². The van der Waals surface area contributed by atoms with Crippen LogP contribution in [-0.2, 0) is 44.7 Å². The molecule has 10 nitrogen and oxygen atoms in total. The molecule has 3 amide bonds. The third kappa shape index (κ3) is 16.2. The quantitative estimate of drug-likeness (QED) is 0.0456. The lowest BCUT2D eigenvalue weighted by Crippen LogP contribution is -2.36. The molecule has 1 aliphatic heterocycles. The normalized spacial score (nSPS) is 11.8. The Bertz CT molecular complexity index is 2200. The Morgan fingerprint density at radius 3 is 2.27 bits per heavy atom. The van der Waals surface area contributed by atoms with Gasteiger partial charge >= 0.3 is 6.18 Å². The molecule has 0 aromatic heterocycles. The van der Waals surface area contributed by atoms with E-state index in [1.807, 2.05) is 80.7 Å². The van der Waals surface area contributed by atoms with Crippen molar-refractivity contribution in [1.29, 1.82) is 0 Å². The number of unbranched alkanes of at least 4 members (excludes halogenated alkanes) is 3. The minimum atomic E-state index is -4.34. The highest BCUT2D eigenvalue weighted by molar-refractivity contribution is 6.29. The fourth-order valence-electron chi connectivity index (χ4n) is 6.69. The van der Waals surface area contributed by atoms with E-state index in [2.05, 4.69) is 16.0 Å². The number of nitrogens with zero attached hydrogens (tertiary/aromatic N) is 1. The standard InChI is InChI=1S/C18H13F3O.C17H27N3O2.C13H14ClNO3/c1-12-5-10-16-13(11-12)3-2-4-17(16)22-15-8-6-14(7-9-15)18(19,20)21;1-18-9-4-2-3-5-10-20-17(22)12-15-7-6-8-16(11-15)13-19-14-21;14-9-13(17)15-5-1-2-10-8-11(18-7-6-16)3-4-12(10)15/h2-11H,1H3;6-8,11,14,18H,2-5,9-10,12-13H2,1H3,(H,19,21)(H,20,22);3-4,6,8H,1-2,5,7,9H2. The summed E-state index contributed by atoms with van der Waals surface area (Å²) >= 11 is 5.60. The molecule has 330 valence electrons. The molecule has 62 heavy (non-hydrogen) atoms. The molecule has 0 spiro atoms. The summed E-state index contributed by atoms with van der Waals surface area (Å²) in [6, 6.07) is 29.5. The molecule has 5 aromatic carbocycles. The molecule has 0 unspecified atom stereocenters. The summed E-state index contributed by atoms with van der Waals surface area (Å²) < 4.78 is 48.6. The number of rotatable bonds is 18. The van der Waals surface area contributed by atoms with Gasteiger partial charge in [-0.25, -0.2) is 0 Å². The average Bonchev–Trinajstić information content (AvgIpc) is 3.27. The highest BCUT2D eigenvalue weighted by Crippen LogP contribution is 2.34. The Hall–Kier alpha value is -5.92. The van der Waals surface area contributed by atoms with E-state index in [0.29, 0.717) is 49.5 Å². The number of benzene rings is 5. The maximum atomic E-state index is 12.6. The number of nitrogens with one attached hydrogen (secondary N) is 3. The summed E-state index contributed by atoms with van der Waals surface area (Å²) in [5, 5.41) is 10.7. The van der Waals surface area contributed by atoms with E-state index in [-0.39, 0.29) is 24.3 Å². The number of carbonyl (C=O) groups is 4. The van der Waals surface area contributed by atoms with Gasteiger partial charge in [0.05, 0.1) is 12.0 Å². The van der Waals surface area contributed by atoms with E-state index in [4.69, 9.17) is 21.1 Å². The predicted octanol–water partition coefficient (Wildman–Crippen LogP) is 9.11. The maximum absolute atomic E-state index is 12.6. The average molecular weight is 875 g/mol. The molecule has 0 atom stereocenters. The predicted molar refractivity (Wildman–Crippen MR) is 238 cm³/mol. The van der Waals surface area contributed by atoms with Crippen molar-refractivity contribution in [3.63, 3.8) is 0 Å². The third-order valence-electron chi connectivity index (χ3n) is 9.73. The number of carbonyl (C=O) groups excluding carboxylic acids is 4. The van der Waals surface area contributed by atoms with Gasteiger partial charge in [0.25, 0.3) is 0 Å². The zero-order chi connectivity index (χ0) is 44.7. The fourth-order valence-corrected chi connectivity index (χ4v) is 6.84. The maximum Gasteiger partial charge on any atom is 0.416 e. The lowest BCUT2D eigenvalue weighted by molar-refractivity contribution is -0.137. The van der Waals surface area contributed by atoms with Crippen LogP contribution in [-0.4, -0.2) is 63.7 Å². The van der Waals surface area contributed by atoms with Crippen molar-refractivity contribution in [1.82, 2.24) is 16.0 Å². The molecule has 1 aliphatic rings. The van der Waals surface area contributed by atoms with Crippen LogP contribution in [0.2, 0.25) is 0 Å². The van der Waals surface area contributed by atoms with Gasteiger partial charge in [-0.15, -0.1) is 11.6 Å². The number of alkyl halides is 4. The summed E-state index contributed by atoms with van der Waals surface area (Å²) in [4.78, 5) is 45.8. The van der Waals surface area contributed by atoms with E-state index in [0.717, 1.165) is 89.6 Å². The van der Waals surface area contributed by atoms with Crippen LogP contribution < -0.4 is 30.3 Å². The minimum Gasteiger partial charge on any atom is -0.486 e. The first-order valence-corrected chi connectivity index (χ1v) is 21.1. The number of aldehydes is 1. The summed E-state index contributed by atoms with van der Waals surface area (Å²) in [7, 11) is 1.96. The summed E-state index contributed by atoms with van der Waals surface area (Å²) in [6.07, 6.45) is 3.80. The molecule has 0 saturated carbocycles. The number of hydrogen-bond donors (Lipinski definition) is 3. The summed E-state index contributed by atoms with van der Waals surface area (Å²) in [5.74, 6) is 1.61. The molecule has 1 heterocycles. The molecule has 0 saturated heterocycles. The Morgan fingerprint density at radius 1 is 0.839 bits per heavy atom. The topological polar surface area (TPSA) is 126 Å². The van der Waals surface area contributed by atoms with Gasteiger partial charge < -0.3 is 30.3 Å². The number of anilines is 1. The molecule has 5 aromatic rings. The first-order valence-electron chi connectivity index (χ1n) is 20.5. The molecule has 0 fully saturated rings. The highest BCUT2D eigenvalue weighted by atomic mass is 35.5. The zero-order valence-corrected chi connectivity index (χ0v) is 35.8. The van der Waals surface area contributed by atoms with Crippen molar-refractivity contribution in [2.45, 2.75) is 64.6 Å². The van der Waals surface area contributed by atoms with E-state index in [9.17, 15) is 32.3 Å². The van der Waals surface area contributed by atoms with Crippen LogP contribution in [0.3, 0.4) is 0 Å². The second-order valence-electron chi connectivity index (χ2n) is 14.5. The number of ether oxygens (including phenoxy) is 2. The largest absolute Gasteiger partial charge is 0.486 e. The Morgan fingerprint density at radius 2 is 1.56 bits per heavy atom. The number of aryl methyl sites for hydroxylation is 2. The van der Waals surface area contributed by atoms with Gasteiger partial charge in [-0.1, -0.05) is 73.0 Å². The summed E-state index contributed by atoms with van der Waals surface area (Å²) in [6.45, 7) is 5.04. The first kappa shape index (κ1) is 48.7. The molecule has 0 radical (unpaired) electrons. The molecule has 6 rings (SSSR count). The lowest BCUT2D eigenvalue weighted by Gasteiger charge is -2.29. The smallest absolute Gasteiger partial charge is 0.416 e. The number of halogens is 4. The van der Waals surface area contributed by atoms with Crippen molar-refractivity contribution in [2.24, 2.45) is 0 Å². The minimum absolute atomic E-state index is 0.0111. The molecule has 0 bridgehead atoms. The van der Waals surface area contributed by atoms with Crippen LogP contribution in [0.5, 0.6) is 17.2 Å². The SMILES string of the molecule is CNCCCCCCNC(=O)Cc1cccc(CNC=O)c1.Cc1ccc2c(Oc3ccc(C(F)(F)F)cc3)cccc2c1.O=CCOc1ccc2c(c1)CCCN2C(=O)CCl. The van der Waals surface area contributed by atoms with Crippen molar-refractivity contribution in [2.75, 3.05) is 44.1 Å². The van der Waals surface area contributed by atoms with Crippen LogP contribution in [0.4, 0.5) is 18.9 Å². The third-order valence-corrected chi connectivity index (χ3v) is 9.96. The van der Waals surface area contributed by atoms with Crippen LogP contribution in [0.25, 0.3) is 10.8 Å². The van der Waals surface area contributed by atoms with Crippen molar-refractivity contribution in [3.05, 3.63) is 131 Å². The van der Waals surface area contributed by atoms with Crippen LogP contribution in [0.1, 0.15) is 59.9 Å². The molecular weight excluding hydrogens is 821 g/mol. The van der Waals surface area contributed by atoms with E-state index in [1.165, 1.54) is 25.0 Å². The van der Waals surface area contributed by atoms with Gasteiger partial charge in [-0.05, 0) is 117 Å². The molecule has 14 heteroatoms. The van der Waals surface area contributed by atoms with Crippen molar-refractivity contribution in [3.8, 4) is 17.2 Å². The second-order valence-corrected chi connectivity index (χ2v) is 14.8. The van der Waals surface area contributed by atoms with Gasteiger partial charge in [-0.3, -0.25) is 19.2 Å². The Labute approximate surface area is 366 Å². The molecule has 0 aliphatic carbocycles. The van der Waals surface area contributed by atoms with Gasteiger partial charge in [0, 0.05) is 30.7 Å². The van der Waals surface area contributed by atoms with Gasteiger partial charge in [0.2, 0.25) is 18.2 Å². The number of fused-ring (bicyclic) bond motifs is 2. The van der Waals surface area contributed by atoms with Crippen LogP contribution >= 0.6 is 11.6 Å². The van der Waals surface area contributed by atoms with Crippen LogP contribution in [0, 0.1) is 6.92 Å². The Kier molecular flexibility index (Phi) is 20.3. The van der Waals surface area contributed by atoms with Crippen molar-refractivity contribution < 1.29 is 41.8 Å². The fraction of sp³-hybridized carbons (Fsp3) is 0.333. The molecular formula is C48H54ClF3N4O6. The number of hydrogen-bond acceptors (Lipinski definition) is 7. The second kappa shape index (κ2) is 25.8. The number of amides is 3. The monoisotopic (exact) mass is 874 g/mol. The van der Waals surface area contributed by atoms with E-state index >= 15 is 0 Å². The van der Waals surface area contributed by atoms with Crippen LogP contribution in [0.15, 0.2) is 103 Å². The first-order chi connectivity index (χ1) is 29.9. The van der Waals surface area contributed by atoms with Gasteiger partial charge in [0.15, 0.2) is 6.29 Å². The van der Waals surface area contributed by atoms with Gasteiger partial charge in [-0.2, -0.15) is 13.2 Å².